The largest absolute Gasteiger partial charge is 0.778 e. The molecule has 0 saturated heterocycles. The Bertz CT molecular complexity index is 1500. The topological polar surface area (TPSA) is 587 Å². The van der Waals surface area contributed by atoms with Gasteiger partial charge in [-0.15, -0.1) is 0 Å². The van der Waals surface area contributed by atoms with Crippen LogP contribution in [0.5, 0.6) is 0 Å². The van der Waals surface area contributed by atoms with Crippen LogP contribution in [0.25, 0.3) is 0 Å². The summed E-state index contributed by atoms with van der Waals surface area (Å²) in [6.45, 7) is 0. The zero-order valence-electron chi connectivity index (χ0n) is 27.8. The molecule has 312 valence electrons. The summed E-state index contributed by atoms with van der Waals surface area (Å²) in [5, 5.41) is 13.8. The minimum atomic E-state index is -4.68. The van der Waals surface area contributed by atoms with Crippen LogP contribution in [0.3, 0.4) is 0 Å². The highest BCUT2D eigenvalue weighted by atomic mass is 31.2. The molecule has 0 radical (unpaired) electrons. The fraction of sp³-hybridized carbons (Fsp3) is 0.286. The van der Waals surface area contributed by atoms with E-state index in [2.05, 4.69) is 50.6 Å². The summed E-state index contributed by atoms with van der Waals surface area (Å²) in [5.74, 6) is -0.250. The van der Waals surface area contributed by atoms with E-state index >= 15 is 0 Å². The van der Waals surface area contributed by atoms with Crippen molar-refractivity contribution in [1.82, 2.24) is 0 Å². The molecule has 2 aromatic rings. The summed E-state index contributed by atoms with van der Waals surface area (Å²) >= 11 is 0. The zero-order chi connectivity index (χ0) is 43.7. The highest BCUT2D eigenvalue weighted by Gasteiger charge is 2.20. The lowest BCUT2D eigenvalue weighted by Crippen LogP contribution is -2.51. The van der Waals surface area contributed by atoms with E-state index in [1.54, 1.807) is 0 Å². The average molecular weight is 897 g/mol. The second kappa shape index (κ2) is 23.3. The van der Waals surface area contributed by atoms with Crippen LogP contribution in [0.1, 0.15) is 33.4 Å². The van der Waals surface area contributed by atoms with Crippen molar-refractivity contribution in [2.45, 2.75) is 37.0 Å². The SMILES string of the molecule is NC(N)=[NH2+].NC(N)=[NH2+].NC(N)=[NH2+].O=P([O-])(O)Cc1cc(CP(=O)(O)O)cc(CP(=O)(O)O)c1.O=P([O-])(O)Cc1cc(CP(=O)([O-])O)cc(CP(=O)(O)O)c1. The van der Waals surface area contributed by atoms with Gasteiger partial charge in [-0.3, -0.25) is 64.3 Å². The summed E-state index contributed by atoms with van der Waals surface area (Å²) in [5.41, 5.74) is 27.5. The average Bonchev–Trinajstić information content (AvgIpc) is 2.76. The normalized spacial score (nSPS) is 14.4. The van der Waals surface area contributed by atoms with Crippen LogP contribution in [0.2, 0.25) is 0 Å². The molecule has 2 rings (SSSR count). The van der Waals surface area contributed by atoms with Gasteiger partial charge in [-0.2, -0.15) is 0 Å². The first-order valence-electron chi connectivity index (χ1n) is 13.5. The number of guanidine groups is 3. The van der Waals surface area contributed by atoms with Gasteiger partial charge in [0.15, 0.2) is 0 Å². The molecule has 54 heavy (non-hydrogen) atoms. The molecule has 0 aromatic heterocycles. The van der Waals surface area contributed by atoms with Gasteiger partial charge in [-0.1, -0.05) is 36.4 Å². The molecule has 0 fully saturated rings. The van der Waals surface area contributed by atoms with Crippen LogP contribution in [0, 0.1) is 0 Å². The first-order valence-corrected chi connectivity index (χ1v) is 24.2. The predicted molar refractivity (Wildman–Crippen MR) is 187 cm³/mol. The number of rotatable bonds is 12. The van der Waals surface area contributed by atoms with Crippen LogP contribution in [0.4, 0.5) is 0 Å². The third-order valence-electron chi connectivity index (χ3n) is 4.54. The summed E-state index contributed by atoms with van der Waals surface area (Å²) in [6.07, 6.45) is -4.56. The maximum atomic E-state index is 11.0. The van der Waals surface area contributed by atoms with E-state index in [9.17, 15) is 42.1 Å². The Kier molecular flexibility index (Phi) is 23.9. The number of benzene rings is 2. The van der Waals surface area contributed by atoms with E-state index in [1.165, 1.54) is 6.07 Å². The highest BCUT2D eigenvalue weighted by molar-refractivity contribution is 7.51. The number of hydrogen-bond donors (Lipinski definition) is 18. The van der Waals surface area contributed by atoms with Crippen molar-refractivity contribution in [2.24, 2.45) is 34.4 Å². The quantitative estimate of drug-likeness (QED) is 0.0534. The molecule has 3 unspecified atom stereocenters. The first-order chi connectivity index (χ1) is 23.7. The Morgan fingerprint density at radius 1 is 0.389 bits per heavy atom. The lowest BCUT2D eigenvalue weighted by atomic mass is 10.1. The summed E-state index contributed by atoms with van der Waals surface area (Å²) in [4.78, 5) is 112. The Hall–Kier alpha value is -2.85. The third-order valence-corrected chi connectivity index (χ3v) is 9.16. The summed E-state index contributed by atoms with van der Waals surface area (Å²) < 4.78 is 65.5. The van der Waals surface area contributed by atoms with Crippen molar-refractivity contribution in [3.8, 4) is 0 Å². The van der Waals surface area contributed by atoms with Crippen LogP contribution >= 0.6 is 45.6 Å². The van der Waals surface area contributed by atoms with Crippen molar-refractivity contribution in [2.75, 3.05) is 0 Å². The van der Waals surface area contributed by atoms with Crippen LogP contribution in [0.15, 0.2) is 36.4 Å². The molecule has 0 saturated carbocycles. The van der Waals surface area contributed by atoms with Crippen molar-refractivity contribution in [3.05, 3.63) is 69.8 Å². The molecule has 0 aliphatic rings. The van der Waals surface area contributed by atoms with Gasteiger partial charge in [0.2, 0.25) is 0 Å². The minimum Gasteiger partial charge on any atom is -0.778 e. The molecule has 2 aromatic carbocycles. The van der Waals surface area contributed by atoms with Gasteiger partial charge in [0.05, 0.1) is 18.5 Å². The molecular formula is C21H45N9O18P6. The first kappa shape index (κ1) is 55.5. The second-order valence-corrected chi connectivity index (χ2v) is 20.4. The van der Waals surface area contributed by atoms with Gasteiger partial charge in [0.25, 0.3) is 0 Å². The molecule has 0 spiro atoms. The molecule has 33 heteroatoms. The smallest absolute Gasteiger partial charge is 0.336 e. The second-order valence-electron chi connectivity index (χ2n) is 10.7. The molecule has 0 aliphatic carbocycles. The van der Waals surface area contributed by atoms with E-state index in [0.29, 0.717) is 0 Å². The molecule has 0 bridgehead atoms. The van der Waals surface area contributed by atoms with E-state index < -0.39 is 82.5 Å². The zero-order valence-corrected chi connectivity index (χ0v) is 33.2. The van der Waals surface area contributed by atoms with Gasteiger partial charge in [0.1, 0.15) is 22.8 Å². The van der Waals surface area contributed by atoms with Gasteiger partial charge in [-0.05, 0) is 33.4 Å². The van der Waals surface area contributed by atoms with Gasteiger partial charge < -0.3 is 72.4 Å². The van der Waals surface area contributed by atoms with Crippen molar-refractivity contribution in [1.29, 1.82) is 0 Å². The highest BCUT2D eigenvalue weighted by Crippen LogP contribution is 2.44. The van der Waals surface area contributed by atoms with Crippen LogP contribution in [-0.4, -0.2) is 61.9 Å². The third kappa shape index (κ3) is 43.6. The van der Waals surface area contributed by atoms with E-state index in [1.807, 2.05) is 0 Å². The Balaban J connectivity index is -0.000000741. The Morgan fingerprint density at radius 2 is 0.500 bits per heavy atom. The van der Waals surface area contributed by atoms with Gasteiger partial charge >= 0.3 is 40.7 Å². The molecule has 0 aliphatic heterocycles. The molecule has 0 heterocycles. The molecule has 3 atom stereocenters. The van der Waals surface area contributed by atoms with E-state index in [4.69, 9.17) is 44.0 Å². The minimum absolute atomic E-state index is 0.00210. The van der Waals surface area contributed by atoms with E-state index in [0.717, 1.165) is 30.3 Å². The van der Waals surface area contributed by atoms with Crippen molar-refractivity contribution < 1.29 is 102 Å². The fourth-order valence-electron chi connectivity index (χ4n) is 3.63. The molecular weight excluding hydrogens is 852 g/mol. The van der Waals surface area contributed by atoms with Gasteiger partial charge in [-0.25, -0.2) is 0 Å². The Morgan fingerprint density at radius 3 is 0.593 bits per heavy atom. The maximum Gasteiger partial charge on any atom is 0.336 e. The van der Waals surface area contributed by atoms with Gasteiger partial charge in [0, 0.05) is 18.5 Å². The number of nitrogens with two attached hydrogens (primary N) is 9. The lowest BCUT2D eigenvalue weighted by molar-refractivity contribution is -0.195. The van der Waals surface area contributed by atoms with Crippen molar-refractivity contribution >= 4 is 63.5 Å². The standard InChI is InChI=1S/2C9H15O9P3.3CH5N3/c2*10-19(11,12)4-7-1-8(5-20(13,14)15)3-9(2-7)6-21(16,17)18;3*2-1(3)4/h2*1-3H,4-6H2,(H2,10,11,12)(H2,13,14,15)(H2,16,17,18);3*(H5,2,3,4). The Labute approximate surface area is 306 Å². The molecule has 27 N–H and O–H groups in total. The maximum absolute atomic E-state index is 11.0. The lowest BCUT2D eigenvalue weighted by Gasteiger charge is -2.19. The van der Waals surface area contributed by atoms with Crippen LogP contribution < -0.4 is 65.3 Å². The van der Waals surface area contributed by atoms with Crippen molar-refractivity contribution in [3.63, 3.8) is 0 Å². The number of hydrogen-bond acceptors (Lipinski definition) is 9. The summed E-state index contributed by atoms with van der Waals surface area (Å²) in [6, 6.07) is 6.87. The molecule has 0 amide bonds. The predicted octanol–water partition coefficient (Wildman–Crippen LogP) is -9.40. The van der Waals surface area contributed by atoms with E-state index in [-0.39, 0.29) is 51.3 Å². The van der Waals surface area contributed by atoms with Crippen LogP contribution in [-0.2, 0) is 64.4 Å². The monoisotopic (exact) mass is 897 g/mol. The fourth-order valence-corrected chi connectivity index (χ4v) is 7.54. The molecule has 27 nitrogen and oxygen atoms in total. The summed E-state index contributed by atoms with van der Waals surface area (Å²) in [7, 11) is -27.4.